The Hall–Kier alpha value is -0.725. The van der Waals surface area contributed by atoms with Crippen LogP contribution in [-0.2, 0) is 0 Å². The van der Waals surface area contributed by atoms with E-state index >= 15 is 0 Å². The van der Waals surface area contributed by atoms with Crippen LogP contribution in [-0.4, -0.2) is 18.6 Å². The largest absolute Gasteiger partial charge is 0.283 e. The van der Waals surface area contributed by atoms with Gasteiger partial charge >= 0.3 is 0 Å². The minimum Gasteiger partial charge on any atom is -0.283 e. The van der Waals surface area contributed by atoms with Crippen molar-refractivity contribution in [2.24, 2.45) is 0 Å². The summed E-state index contributed by atoms with van der Waals surface area (Å²) in [7, 11) is 0. The van der Waals surface area contributed by atoms with Crippen LogP contribution >= 0.6 is 0 Å². The first-order chi connectivity index (χ1) is 5.29. The molecule has 1 heterocycles. The van der Waals surface area contributed by atoms with Gasteiger partial charge in [0.15, 0.2) is 0 Å². The molecule has 1 N–H and O–H groups in total. The highest BCUT2D eigenvalue weighted by atomic mass is 15.1. The van der Waals surface area contributed by atoms with Crippen molar-refractivity contribution in [2.75, 3.05) is 0 Å². The normalized spacial score (nSPS) is 6.50. The molecular formula is C9H20BN2. The fraction of sp³-hybridized carbons (Fsp3) is 0.667. The monoisotopic (exact) mass is 167 g/mol. The van der Waals surface area contributed by atoms with Gasteiger partial charge in [0.2, 0.25) is 0 Å². The molecule has 12 heavy (non-hydrogen) atoms. The minimum atomic E-state index is 0. The number of aromatic nitrogens is 2. The Bertz CT molecular complexity index is 145. The van der Waals surface area contributed by atoms with Crippen LogP contribution in [0.25, 0.3) is 0 Å². The Balaban J connectivity index is -0.000000144. The number of H-pyrrole nitrogens is 1. The lowest BCUT2D eigenvalue weighted by atomic mass is 10.4. The molecular weight excluding hydrogens is 147 g/mol. The summed E-state index contributed by atoms with van der Waals surface area (Å²) in [4.78, 5) is 0. The maximum absolute atomic E-state index is 3.89. The van der Waals surface area contributed by atoms with Gasteiger partial charge in [-0.15, -0.1) is 0 Å². The van der Waals surface area contributed by atoms with Crippen LogP contribution in [0.1, 0.15) is 39.1 Å². The summed E-state index contributed by atoms with van der Waals surface area (Å²) in [5, 5.41) is 6.71. The van der Waals surface area contributed by atoms with E-state index in [4.69, 9.17) is 0 Å². The number of aryl methyl sites for hydroxylation is 2. The van der Waals surface area contributed by atoms with Crippen LogP contribution in [0.4, 0.5) is 0 Å². The van der Waals surface area contributed by atoms with Gasteiger partial charge in [-0.25, -0.2) is 0 Å². The second-order valence-corrected chi connectivity index (χ2v) is 1.69. The van der Waals surface area contributed by atoms with Gasteiger partial charge in [0, 0.05) is 14.1 Å². The van der Waals surface area contributed by atoms with Crippen LogP contribution in [0, 0.1) is 13.8 Å². The van der Waals surface area contributed by atoms with Gasteiger partial charge in [0.1, 0.15) is 0 Å². The summed E-state index contributed by atoms with van der Waals surface area (Å²) >= 11 is 0. The molecule has 0 aliphatic rings. The lowest BCUT2D eigenvalue weighted by molar-refractivity contribution is 1.02. The van der Waals surface area contributed by atoms with E-state index in [1.165, 1.54) is 0 Å². The molecule has 0 saturated heterocycles. The third-order valence-electron chi connectivity index (χ3n) is 0.834. The first-order valence-corrected chi connectivity index (χ1v) is 4.27. The molecule has 0 saturated carbocycles. The van der Waals surface area contributed by atoms with Gasteiger partial charge < -0.3 is 0 Å². The predicted octanol–water partition coefficient (Wildman–Crippen LogP) is 2.70. The van der Waals surface area contributed by atoms with Gasteiger partial charge in [-0.05, 0) is 19.9 Å². The number of nitrogens with zero attached hydrogens (tertiary/aromatic N) is 1. The molecule has 69 valence electrons. The first-order valence-electron chi connectivity index (χ1n) is 4.27. The van der Waals surface area contributed by atoms with Crippen molar-refractivity contribution >= 4 is 8.41 Å². The molecule has 3 radical (unpaired) electrons. The number of hydrogen-bond donors (Lipinski definition) is 1. The Morgan fingerprint density at radius 1 is 1.08 bits per heavy atom. The highest BCUT2D eigenvalue weighted by molar-refractivity contribution is 5.75. The first kappa shape index (κ1) is 17.4. The van der Waals surface area contributed by atoms with E-state index in [1.807, 2.05) is 47.6 Å². The Morgan fingerprint density at radius 2 is 1.50 bits per heavy atom. The van der Waals surface area contributed by atoms with E-state index in [1.54, 1.807) is 0 Å². The average molecular weight is 167 g/mol. The van der Waals surface area contributed by atoms with Crippen LogP contribution in [0.2, 0.25) is 0 Å². The Kier molecular flexibility index (Phi) is 18.7. The number of aromatic amines is 1. The van der Waals surface area contributed by atoms with Crippen LogP contribution in [0.3, 0.4) is 0 Å². The topological polar surface area (TPSA) is 28.7 Å². The second kappa shape index (κ2) is 12.9. The second-order valence-electron chi connectivity index (χ2n) is 1.69. The van der Waals surface area contributed by atoms with Gasteiger partial charge in [-0.3, -0.25) is 5.10 Å². The average Bonchev–Trinajstić information content (AvgIpc) is 2.43. The van der Waals surface area contributed by atoms with E-state index in [0.717, 1.165) is 11.4 Å². The van der Waals surface area contributed by atoms with Crippen molar-refractivity contribution in [1.29, 1.82) is 0 Å². The third-order valence-corrected chi connectivity index (χ3v) is 0.834. The quantitative estimate of drug-likeness (QED) is 0.591. The lowest BCUT2D eigenvalue weighted by Crippen LogP contribution is -1.68. The molecule has 0 aromatic carbocycles. The predicted molar refractivity (Wildman–Crippen MR) is 56.5 cm³/mol. The van der Waals surface area contributed by atoms with E-state index < -0.39 is 0 Å². The van der Waals surface area contributed by atoms with Gasteiger partial charge in [0.25, 0.3) is 0 Å². The Labute approximate surface area is 78.4 Å². The van der Waals surface area contributed by atoms with Crippen molar-refractivity contribution in [3.63, 3.8) is 0 Å². The van der Waals surface area contributed by atoms with Crippen molar-refractivity contribution in [3.8, 4) is 0 Å². The molecule has 0 amide bonds. The summed E-state index contributed by atoms with van der Waals surface area (Å²) in [6.07, 6.45) is 0. The number of hydrogen-bond acceptors (Lipinski definition) is 1. The molecule has 0 bridgehead atoms. The fourth-order valence-corrected chi connectivity index (χ4v) is 0.554. The zero-order valence-corrected chi connectivity index (χ0v) is 9.10. The maximum atomic E-state index is 3.89. The van der Waals surface area contributed by atoms with Crippen LogP contribution < -0.4 is 0 Å². The van der Waals surface area contributed by atoms with Crippen molar-refractivity contribution in [3.05, 3.63) is 17.5 Å². The molecule has 1 aromatic heterocycles. The molecule has 0 aliphatic heterocycles. The summed E-state index contributed by atoms with van der Waals surface area (Å²) in [5.74, 6) is 0. The highest BCUT2D eigenvalue weighted by Crippen LogP contribution is 1.92. The lowest BCUT2D eigenvalue weighted by Gasteiger charge is -1.68. The fourth-order valence-electron chi connectivity index (χ4n) is 0.554. The SMILES string of the molecule is CC.CC.Cc1cc(C)[nH]n1.[B]. The maximum Gasteiger partial charge on any atom is 0.0593 e. The molecule has 0 unspecified atom stereocenters. The van der Waals surface area contributed by atoms with Gasteiger partial charge in [-0.2, -0.15) is 5.10 Å². The molecule has 0 aliphatic carbocycles. The van der Waals surface area contributed by atoms with E-state index in [-0.39, 0.29) is 8.41 Å². The zero-order valence-electron chi connectivity index (χ0n) is 9.10. The number of nitrogens with one attached hydrogen (secondary N) is 1. The van der Waals surface area contributed by atoms with Crippen molar-refractivity contribution < 1.29 is 0 Å². The highest BCUT2D eigenvalue weighted by Gasteiger charge is 1.84. The Morgan fingerprint density at radius 3 is 1.58 bits per heavy atom. The van der Waals surface area contributed by atoms with E-state index in [0.29, 0.717) is 0 Å². The van der Waals surface area contributed by atoms with Crippen LogP contribution in [0.15, 0.2) is 6.07 Å². The summed E-state index contributed by atoms with van der Waals surface area (Å²) in [5.41, 5.74) is 2.18. The molecule has 0 atom stereocenters. The summed E-state index contributed by atoms with van der Waals surface area (Å²) in [6.45, 7) is 11.9. The molecule has 1 rings (SSSR count). The van der Waals surface area contributed by atoms with Gasteiger partial charge in [0.05, 0.1) is 5.69 Å². The summed E-state index contributed by atoms with van der Waals surface area (Å²) in [6, 6.07) is 2.00. The molecule has 0 fully saturated rings. The number of rotatable bonds is 0. The van der Waals surface area contributed by atoms with Crippen molar-refractivity contribution in [2.45, 2.75) is 41.5 Å². The molecule has 2 nitrogen and oxygen atoms in total. The smallest absolute Gasteiger partial charge is 0.0593 e. The van der Waals surface area contributed by atoms with E-state index in [9.17, 15) is 0 Å². The standard InChI is InChI=1S/C5H8N2.2C2H6.B/c1-4-3-5(2)7-6-4;2*1-2;/h3H,1-2H3,(H,6,7);2*1-2H3;. The molecule has 0 spiro atoms. The van der Waals surface area contributed by atoms with E-state index in [2.05, 4.69) is 10.2 Å². The zero-order chi connectivity index (χ0) is 9.28. The third kappa shape index (κ3) is 9.27. The summed E-state index contributed by atoms with van der Waals surface area (Å²) < 4.78 is 0. The van der Waals surface area contributed by atoms with Crippen molar-refractivity contribution in [1.82, 2.24) is 10.2 Å². The van der Waals surface area contributed by atoms with Gasteiger partial charge in [-0.1, -0.05) is 27.7 Å². The van der Waals surface area contributed by atoms with Crippen LogP contribution in [0.5, 0.6) is 0 Å². The minimum absolute atomic E-state index is 0. The molecule has 3 heteroatoms. The molecule has 1 aromatic rings.